The van der Waals surface area contributed by atoms with Crippen LogP contribution in [0.2, 0.25) is 0 Å². The molecular formula is C7H7NO. The van der Waals surface area contributed by atoms with Crippen LogP contribution in [0.1, 0.15) is 5.69 Å². The molecule has 2 heteroatoms. The summed E-state index contributed by atoms with van der Waals surface area (Å²) in [5.41, 5.74) is 2.01. The van der Waals surface area contributed by atoms with Gasteiger partial charge in [-0.15, -0.1) is 0 Å². The normalized spacial score (nSPS) is 10.8. The number of aromatic nitrogens is 1. The van der Waals surface area contributed by atoms with Crippen molar-refractivity contribution in [3.63, 3.8) is 0 Å². The maximum absolute atomic E-state index is 5.08. The van der Waals surface area contributed by atoms with Gasteiger partial charge in [0, 0.05) is 11.1 Å². The fourth-order valence-corrected chi connectivity index (χ4v) is 0.983. The Hall–Kier alpha value is -1.18. The van der Waals surface area contributed by atoms with Crippen molar-refractivity contribution in [2.75, 3.05) is 0 Å². The lowest BCUT2D eigenvalue weighted by atomic mass is 10.4. The molecule has 0 aliphatic carbocycles. The average Bonchev–Trinajstić information content (AvgIpc) is 2.22. The van der Waals surface area contributed by atoms with E-state index >= 15 is 0 Å². The molecule has 0 amide bonds. The van der Waals surface area contributed by atoms with E-state index in [4.69, 9.17) is 4.42 Å². The Morgan fingerprint density at radius 1 is 1.56 bits per heavy atom. The molecule has 0 bridgehead atoms. The number of furan rings is 1. The molecule has 1 N–H and O–H groups in total. The molecule has 9 heavy (non-hydrogen) atoms. The number of aromatic amines is 1. The van der Waals surface area contributed by atoms with Gasteiger partial charge in [0.05, 0.1) is 6.26 Å². The van der Waals surface area contributed by atoms with Crippen LogP contribution in [-0.2, 0) is 0 Å². The zero-order chi connectivity index (χ0) is 6.27. The average molecular weight is 121 g/mol. The van der Waals surface area contributed by atoms with Crippen molar-refractivity contribution in [1.82, 2.24) is 4.98 Å². The van der Waals surface area contributed by atoms with Crippen molar-refractivity contribution >= 4 is 11.1 Å². The van der Waals surface area contributed by atoms with Gasteiger partial charge in [-0.25, -0.2) is 0 Å². The van der Waals surface area contributed by atoms with Gasteiger partial charge in [0.25, 0.3) is 0 Å². The molecule has 2 aromatic heterocycles. The fourth-order valence-electron chi connectivity index (χ4n) is 0.983. The molecule has 0 fully saturated rings. The summed E-state index contributed by atoms with van der Waals surface area (Å²) in [5, 5.41) is 1.15. The van der Waals surface area contributed by atoms with Crippen molar-refractivity contribution in [2.45, 2.75) is 6.92 Å². The third kappa shape index (κ3) is 0.560. The van der Waals surface area contributed by atoms with E-state index in [1.54, 1.807) is 6.26 Å². The quantitative estimate of drug-likeness (QED) is 0.568. The second-order valence-corrected chi connectivity index (χ2v) is 2.16. The van der Waals surface area contributed by atoms with Gasteiger partial charge in [-0.3, -0.25) is 0 Å². The Morgan fingerprint density at radius 3 is 3.22 bits per heavy atom. The Bertz CT molecular complexity index is 290. The summed E-state index contributed by atoms with van der Waals surface area (Å²) in [4.78, 5) is 3.07. The van der Waals surface area contributed by atoms with Crippen LogP contribution in [0.15, 0.2) is 22.8 Å². The molecule has 0 saturated carbocycles. The van der Waals surface area contributed by atoms with E-state index in [1.165, 1.54) is 0 Å². The molecule has 2 heterocycles. The van der Waals surface area contributed by atoms with Gasteiger partial charge in [0.1, 0.15) is 0 Å². The highest BCUT2D eigenvalue weighted by molar-refractivity contribution is 5.74. The number of nitrogens with one attached hydrogen (secondary N) is 1. The smallest absolute Gasteiger partial charge is 0.204 e. The summed E-state index contributed by atoms with van der Waals surface area (Å²) in [6.45, 7) is 2.01. The van der Waals surface area contributed by atoms with Gasteiger partial charge in [-0.2, -0.15) is 0 Å². The van der Waals surface area contributed by atoms with Crippen LogP contribution in [0.25, 0.3) is 11.1 Å². The van der Waals surface area contributed by atoms with Crippen molar-refractivity contribution in [3.8, 4) is 0 Å². The Labute approximate surface area is 52.5 Å². The summed E-state index contributed by atoms with van der Waals surface area (Å²) in [7, 11) is 0. The summed E-state index contributed by atoms with van der Waals surface area (Å²) in [6, 6.07) is 4.00. The number of fused-ring (bicyclic) bond motifs is 1. The van der Waals surface area contributed by atoms with Crippen LogP contribution in [0.5, 0.6) is 0 Å². The second-order valence-electron chi connectivity index (χ2n) is 2.16. The van der Waals surface area contributed by atoms with Crippen molar-refractivity contribution in [1.29, 1.82) is 0 Å². The number of rotatable bonds is 0. The first-order chi connectivity index (χ1) is 4.36. The molecule has 0 atom stereocenters. The molecular weight excluding hydrogens is 114 g/mol. The first-order valence-corrected chi connectivity index (χ1v) is 2.89. The molecule has 46 valence electrons. The van der Waals surface area contributed by atoms with Crippen LogP contribution in [0.3, 0.4) is 0 Å². The van der Waals surface area contributed by atoms with Gasteiger partial charge >= 0.3 is 0 Å². The highest BCUT2D eigenvalue weighted by Gasteiger charge is 1.96. The molecule has 0 saturated heterocycles. The first kappa shape index (κ1) is 4.68. The van der Waals surface area contributed by atoms with Crippen LogP contribution < -0.4 is 0 Å². The fraction of sp³-hybridized carbons (Fsp3) is 0.143. The molecule has 0 aromatic carbocycles. The predicted octanol–water partition coefficient (Wildman–Crippen LogP) is 2.07. The molecule has 0 aliphatic heterocycles. The van der Waals surface area contributed by atoms with Crippen molar-refractivity contribution < 1.29 is 4.42 Å². The number of H-pyrrole nitrogens is 1. The lowest BCUT2D eigenvalue weighted by Crippen LogP contribution is -1.62. The number of aryl methyl sites for hydroxylation is 1. The maximum Gasteiger partial charge on any atom is 0.204 e. The lowest BCUT2D eigenvalue weighted by Gasteiger charge is -1.75. The monoisotopic (exact) mass is 121 g/mol. The highest BCUT2D eigenvalue weighted by atomic mass is 16.3. The first-order valence-electron chi connectivity index (χ1n) is 2.89. The topological polar surface area (TPSA) is 28.9 Å². The summed E-state index contributed by atoms with van der Waals surface area (Å²) >= 11 is 0. The third-order valence-electron chi connectivity index (χ3n) is 1.38. The van der Waals surface area contributed by atoms with Gasteiger partial charge < -0.3 is 9.40 Å². The third-order valence-corrected chi connectivity index (χ3v) is 1.38. The van der Waals surface area contributed by atoms with Crippen LogP contribution in [0.4, 0.5) is 0 Å². The molecule has 0 spiro atoms. The van der Waals surface area contributed by atoms with E-state index in [0.717, 1.165) is 16.8 Å². The Balaban J connectivity index is 2.92. The van der Waals surface area contributed by atoms with Crippen molar-refractivity contribution in [3.05, 3.63) is 24.1 Å². The van der Waals surface area contributed by atoms with E-state index in [2.05, 4.69) is 11.1 Å². The van der Waals surface area contributed by atoms with E-state index in [1.807, 2.05) is 13.0 Å². The minimum Gasteiger partial charge on any atom is -0.448 e. The maximum atomic E-state index is 5.08. The number of hydrogen-bond acceptors (Lipinski definition) is 1. The molecule has 0 aliphatic rings. The number of hydrogen-bond donors (Lipinski definition) is 1. The molecule has 2 nitrogen and oxygen atoms in total. The summed E-state index contributed by atoms with van der Waals surface area (Å²) in [6.07, 6.45) is 1.68. The second kappa shape index (κ2) is 1.41. The summed E-state index contributed by atoms with van der Waals surface area (Å²) < 4.78 is 5.08. The van der Waals surface area contributed by atoms with Crippen molar-refractivity contribution in [2.24, 2.45) is 0 Å². The van der Waals surface area contributed by atoms with Gasteiger partial charge in [0.2, 0.25) is 5.71 Å². The summed E-state index contributed by atoms with van der Waals surface area (Å²) in [5.74, 6) is 0. The lowest BCUT2D eigenvalue weighted by molar-refractivity contribution is 0.603. The Kier molecular flexibility index (Phi) is 0.730. The SMILES string of the molecule is Cc1cc2ccoc2[nH]1. The zero-order valence-electron chi connectivity index (χ0n) is 5.14. The molecule has 0 unspecified atom stereocenters. The molecule has 0 radical (unpaired) electrons. The van der Waals surface area contributed by atoms with Crippen LogP contribution >= 0.6 is 0 Å². The van der Waals surface area contributed by atoms with E-state index in [-0.39, 0.29) is 0 Å². The predicted molar refractivity (Wildman–Crippen MR) is 35.3 cm³/mol. The van der Waals surface area contributed by atoms with Crippen LogP contribution in [-0.4, -0.2) is 4.98 Å². The van der Waals surface area contributed by atoms with Crippen LogP contribution in [0, 0.1) is 6.92 Å². The molecule has 2 aromatic rings. The highest BCUT2D eigenvalue weighted by Crippen LogP contribution is 2.14. The molecule has 2 rings (SSSR count). The largest absolute Gasteiger partial charge is 0.448 e. The standard InChI is InChI=1S/C7H7NO/c1-5-4-6-2-3-9-7(6)8-5/h2-4,8H,1H3. The van der Waals surface area contributed by atoms with Gasteiger partial charge in [0.15, 0.2) is 0 Å². The minimum atomic E-state index is 0.868. The van der Waals surface area contributed by atoms with Gasteiger partial charge in [-0.05, 0) is 19.1 Å². The Morgan fingerprint density at radius 2 is 2.44 bits per heavy atom. The van der Waals surface area contributed by atoms with E-state index in [9.17, 15) is 0 Å². The van der Waals surface area contributed by atoms with E-state index < -0.39 is 0 Å². The van der Waals surface area contributed by atoms with Gasteiger partial charge in [-0.1, -0.05) is 0 Å². The van der Waals surface area contributed by atoms with E-state index in [0.29, 0.717) is 0 Å². The minimum absolute atomic E-state index is 0.868. The zero-order valence-corrected chi connectivity index (χ0v) is 5.14.